The summed E-state index contributed by atoms with van der Waals surface area (Å²) >= 11 is 0. The smallest absolute Gasteiger partial charge is 0.122 e. The number of unbranched alkanes of at least 4 members (excludes halogenated alkanes) is 1. The van der Waals surface area contributed by atoms with Crippen molar-refractivity contribution < 1.29 is 4.74 Å². The summed E-state index contributed by atoms with van der Waals surface area (Å²) in [6.45, 7) is 13.2. The van der Waals surface area contributed by atoms with Crippen LogP contribution in [-0.4, -0.2) is 6.10 Å². The number of ether oxygens (including phenoxy) is 1. The fourth-order valence-electron chi connectivity index (χ4n) is 2.72. The van der Waals surface area contributed by atoms with E-state index in [1.807, 2.05) is 0 Å². The quantitative estimate of drug-likeness (QED) is 0.590. The van der Waals surface area contributed by atoms with Crippen LogP contribution in [0.4, 0.5) is 0 Å². The van der Waals surface area contributed by atoms with Crippen molar-refractivity contribution in [3.63, 3.8) is 0 Å². The lowest BCUT2D eigenvalue weighted by Gasteiger charge is -2.19. The van der Waals surface area contributed by atoms with Gasteiger partial charge in [-0.1, -0.05) is 46.1 Å². The maximum absolute atomic E-state index is 5.95. The average Bonchev–Trinajstić information content (AvgIpc) is 2.39. The average molecular weight is 276 g/mol. The van der Waals surface area contributed by atoms with Crippen LogP contribution < -0.4 is 4.74 Å². The highest BCUT2D eigenvalue weighted by molar-refractivity contribution is 5.42. The van der Waals surface area contributed by atoms with E-state index in [-0.39, 0.29) is 6.10 Å². The minimum absolute atomic E-state index is 0.242. The number of benzene rings is 1. The molecule has 0 heterocycles. The third kappa shape index (κ3) is 5.19. The predicted molar refractivity (Wildman–Crippen MR) is 88.7 cm³/mol. The lowest BCUT2D eigenvalue weighted by atomic mass is 9.91. The molecule has 1 rings (SSSR count). The highest BCUT2D eigenvalue weighted by Gasteiger charge is 2.11. The zero-order valence-electron chi connectivity index (χ0n) is 14.3. The Morgan fingerprint density at radius 3 is 2.30 bits per heavy atom. The first kappa shape index (κ1) is 17.1. The minimum Gasteiger partial charge on any atom is -0.491 e. The first-order chi connectivity index (χ1) is 9.47. The van der Waals surface area contributed by atoms with Gasteiger partial charge in [-0.05, 0) is 62.3 Å². The summed E-state index contributed by atoms with van der Waals surface area (Å²) in [6.07, 6.45) is 6.49. The molecular weight excluding hydrogens is 244 g/mol. The second kappa shape index (κ2) is 8.34. The van der Waals surface area contributed by atoms with Crippen LogP contribution in [0.2, 0.25) is 0 Å². The molecule has 0 fully saturated rings. The van der Waals surface area contributed by atoms with Gasteiger partial charge in [-0.25, -0.2) is 0 Å². The van der Waals surface area contributed by atoms with Gasteiger partial charge in [0, 0.05) is 0 Å². The Morgan fingerprint density at radius 1 is 1.05 bits per heavy atom. The molecule has 1 aromatic rings. The maximum atomic E-state index is 5.95. The van der Waals surface area contributed by atoms with Gasteiger partial charge in [0.05, 0.1) is 6.10 Å². The molecule has 20 heavy (non-hydrogen) atoms. The molecule has 1 heteroatoms. The van der Waals surface area contributed by atoms with Gasteiger partial charge >= 0.3 is 0 Å². The fourth-order valence-corrected chi connectivity index (χ4v) is 2.72. The van der Waals surface area contributed by atoms with Crippen molar-refractivity contribution >= 4 is 0 Å². The first-order valence-electron chi connectivity index (χ1n) is 8.26. The Morgan fingerprint density at radius 2 is 1.75 bits per heavy atom. The Kier molecular flexibility index (Phi) is 7.12. The molecule has 0 radical (unpaired) electrons. The van der Waals surface area contributed by atoms with Gasteiger partial charge in [-0.15, -0.1) is 0 Å². The van der Waals surface area contributed by atoms with Crippen LogP contribution >= 0.6 is 0 Å². The molecule has 0 aliphatic rings. The van der Waals surface area contributed by atoms with E-state index >= 15 is 0 Å². The fraction of sp³-hybridized carbons (Fsp3) is 0.684. The van der Waals surface area contributed by atoms with Crippen molar-refractivity contribution in [2.24, 2.45) is 5.92 Å². The van der Waals surface area contributed by atoms with Crippen LogP contribution in [0.1, 0.15) is 70.6 Å². The van der Waals surface area contributed by atoms with E-state index in [1.165, 1.54) is 42.4 Å². The molecule has 0 aliphatic heterocycles. The molecule has 0 aromatic heterocycles. The predicted octanol–water partition coefficient (Wildman–Crippen LogP) is 5.71. The number of hydrogen-bond donors (Lipinski definition) is 0. The number of hydrogen-bond acceptors (Lipinski definition) is 1. The summed E-state index contributed by atoms with van der Waals surface area (Å²) in [7, 11) is 0. The molecule has 0 N–H and O–H groups in total. The van der Waals surface area contributed by atoms with Crippen molar-refractivity contribution in [3.8, 4) is 5.75 Å². The van der Waals surface area contributed by atoms with Crippen molar-refractivity contribution in [3.05, 3.63) is 28.8 Å². The lowest BCUT2D eigenvalue weighted by Crippen LogP contribution is -2.09. The van der Waals surface area contributed by atoms with Crippen LogP contribution in [0.15, 0.2) is 12.1 Å². The molecule has 1 unspecified atom stereocenters. The Labute approximate surface area is 125 Å². The molecular formula is C19H32O. The minimum atomic E-state index is 0.242. The van der Waals surface area contributed by atoms with Gasteiger partial charge < -0.3 is 4.74 Å². The molecule has 114 valence electrons. The van der Waals surface area contributed by atoms with E-state index in [9.17, 15) is 0 Å². The van der Waals surface area contributed by atoms with Crippen LogP contribution in [-0.2, 0) is 12.8 Å². The summed E-state index contributed by atoms with van der Waals surface area (Å²) in [4.78, 5) is 0. The van der Waals surface area contributed by atoms with E-state index in [0.717, 1.165) is 18.1 Å². The Bertz CT molecular complexity index is 406. The van der Waals surface area contributed by atoms with Gasteiger partial charge in [-0.2, -0.15) is 0 Å². The third-order valence-corrected chi connectivity index (χ3v) is 3.86. The van der Waals surface area contributed by atoms with Gasteiger partial charge in [0.25, 0.3) is 0 Å². The van der Waals surface area contributed by atoms with Crippen molar-refractivity contribution in [2.75, 3.05) is 0 Å². The second-order valence-corrected chi connectivity index (χ2v) is 6.36. The Hall–Kier alpha value is -0.980. The maximum Gasteiger partial charge on any atom is 0.122 e. The number of rotatable bonds is 8. The molecule has 0 spiro atoms. The van der Waals surface area contributed by atoms with Gasteiger partial charge in [-0.3, -0.25) is 0 Å². The van der Waals surface area contributed by atoms with E-state index in [0.29, 0.717) is 0 Å². The van der Waals surface area contributed by atoms with Crippen LogP contribution in [0, 0.1) is 12.8 Å². The lowest BCUT2D eigenvalue weighted by molar-refractivity contribution is 0.240. The molecule has 1 nitrogen and oxygen atoms in total. The van der Waals surface area contributed by atoms with E-state index in [4.69, 9.17) is 4.74 Å². The number of aryl methyl sites for hydroxylation is 2. The second-order valence-electron chi connectivity index (χ2n) is 6.36. The van der Waals surface area contributed by atoms with Crippen molar-refractivity contribution in [1.82, 2.24) is 0 Å². The summed E-state index contributed by atoms with van der Waals surface area (Å²) in [6, 6.07) is 4.61. The van der Waals surface area contributed by atoms with E-state index in [2.05, 4.69) is 53.7 Å². The van der Waals surface area contributed by atoms with E-state index in [1.54, 1.807) is 0 Å². The topological polar surface area (TPSA) is 9.23 Å². The molecule has 0 aliphatic carbocycles. The van der Waals surface area contributed by atoms with E-state index < -0.39 is 0 Å². The Balaban J connectivity index is 2.91. The van der Waals surface area contributed by atoms with Gasteiger partial charge in [0.2, 0.25) is 0 Å². The van der Waals surface area contributed by atoms with Gasteiger partial charge in [0.15, 0.2) is 0 Å². The SMILES string of the molecule is CCCCC(C)Cc1cc(OC(C)C)c(C)cc1CC. The molecule has 1 aromatic carbocycles. The molecule has 0 bridgehead atoms. The zero-order chi connectivity index (χ0) is 15.1. The summed E-state index contributed by atoms with van der Waals surface area (Å²) in [5, 5.41) is 0. The normalized spacial score (nSPS) is 12.8. The van der Waals surface area contributed by atoms with Crippen LogP contribution in [0.5, 0.6) is 5.75 Å². The van der Waals surface area contributed by atoms with Crippen molar-refractivity contribution in [1.29, 1.82) is 0 Å². The molecule has 0 saturated carbocycles. The van der Waals surface area contributed by atoms with Crippen LogP contribution in [0.25, 0.3) is 0 Å². The van der Waals surface area contributed by atoms with Gasteiger partial charge in [0.1, 0.15) is 5.75 Å². The highest BCUT2D eigenvalue weighted by Crippen LogP contribution is 2.27. The standard InChI is InChI=1S/C19H32O/c1-7-9-10-15(5)11-18-13-19(20-14(3)4)16(6)12-17(18)8-2/h12-15H,7-11H2,1-6H3. The molecule has 0 amide bonds. The highest BCUT2D eigenvalue weighted by atomic mass is 16.5. The monoisotopic (exact) mass is 276 g/mol. The largest absolute Gasteiger partial charge is 0.491 e. The zero-order valence-corrected chi connectivity index (χ0v) is 14.3. The summed E-state index contributed by atoms with van der Waals surface area (Å²) in [5.41, 5.74) is 4.24. The summed E-state index contributed by atoms with van der Waals surface area (Å²) in [5.74, 6) is 1.82. The molecule has 0 saturated heterocycles. The third-order valence-electron chi connectivity index (χ3n) is 3.86. The van der Waals surface area contributed by atoms with Crippen molar-refractivity contribution in [2.45, 2.75) is 79.8 Å². The first-order valence-corrected chi connectivity index (χ1v) is 8.26. The van der Waals surface area contributed by atoms with Crippen LogP contribution in [0.3, 0.4) is 0 Å². The molecule has 1 atom stereocenters. The summed E-state index contributed by atoms with van der Waals surface area (Å²) < 4.78 is 5.95.